The average Bonchev–Trinajstić information content (AvgIpc) is 2.99. The molecular formula is C29H28N4O8S2. The predicted octanol–water partition coefficient (Wildman–Crippen LogP) is 2.98. The molecule has 0 aliphatic rings. The third kappa shape index (κ3) is 7.85. The Morgan fingerprint density at radius 1 is 0.977 bits per heavy atom. The Kier molecular flexibility index (Phi) is 9.95. The summed E-state index contributed by atoms with van der Waals surface area (Å²) in [6.07, 6.45) is 0.352. The van der Waals surface area contributed by atoms with E-state index in [4.69, 9.17) is 14.6 Å². The van der Waals surface area contributed by atoms with Gasteiger partial charge < -0.3 is 14.8 Å². The molecule has 224 valence electrons. The molecule has 3 N–H and O–H groups in total. The fourth-order valence-electron chi connectivity index (χ4n) is 4.07. The van der Waals surface area contributed by atoms with E-state index in [0.29, 0.717) is 17.7 Å². The number of aryl methyl sites for hydroxylation is 1. The summed E-state index contributed by atoms with van der Waals surface area (Å²) in [6.45, 7) is 2.13. The van der Waals surface area contributed by atoms with Crippen LogP contribution in [0.5, 0.6) is 0 Å². The Morgan fingerprint density at radius 2 is 1.65 bits per heavy atom. The smallest absolute Gasteiger partial charge is 0.338 e. The third-order valence-electron chi connectivity index (χ3n) is 6.23. The second-order valence-electron chi connectivity index (χ2n) is 9.15. The summed E-state index contributed by atoms with van der Waals surface area (Å²) in [5.74, 6) is -1.53. The van der Waals surface area contributed by atoms with Crippen molar-refractivity contribution < 1.29 is 32.3 Å². The summed E-state index contributed by atoms with van der Waals surface area (Å²) in [5.41, 5.74) is 1.67. The summed E-state index contributed by atoms with van der Waals surface area (Å²) in [7, 11) is -2.60. The van der Waals surface area contributed by atoms with Crippen molar-refractivity contribution in [3.05, 3.63) is 93.8 Å². The first kappa shape index (κ1) is 31.4. The minimum Gasteiger partial charge on any atom is -0.465 e. The van der Waals surface area contributed by atoms with Crippen LogP contribution in [0.2, 0.25) is 0 Å². The molecule has 12 nitrogen and oxygen atoms in total. The number of nitrogens with zero attached hydrogens (tertiary/aromatic N) is 2. The Balaban J connectivity index is 1.57. The summed E-state index contributed by atoms with van der Waals surface area (Å²) in [6, 6.07) is 16.6. The second kappa shape index (κ2) is 13.6. The number of methoxy groups -OCH3 is 1. The van der Waals surface area contributed by atoms with Crippen LogP contribution in [0.3, 0.4) is 0 Å². The highest BCUT2D eigenvalue weighted by Gasteiger charge is 2.17. The van der Waals surface area contributed by atoms with Crippen LogP contribution in [-0.2, 0) is 37.3 Å². The Labute approximate surface area is 251 Å². The molecule has 4 rings (SSSR count). The van der Waals surface area contributed by atoms with Gasteiger partial charge in [0.1, 0.15) is 0 Å². The number of nitrogens with two attached hydrogens (primary N) is 1. The van der Waals surface area contributed by atoms with Gasteiger partial charge in [0.25, 0.3) is 5.56 Å². The third-order valence-corrected chi connectivity index (χ3v) is 8.14. The zero-order chi connectivity index (χ0) is 31.1. The minimum atomic E-state index is -3.84. The number of hydrogen-bond acceptors (Lipinski definition) is 10. The zero-order valence-corrected chi connectivity index (χ0v) is 24.9. The van der Waals surface area contributed by atoms with Crippen molar-refractivity contribution in [3.63, 3.8) is 0 Å². The Bertz CT molecular complexity index is 1840. The monoisotopic (exact) mass is 624 g/mol. The highest BCUT2D eigenvalue weighted by molar-refractivity contribution is 7.99. The number of hydrogen-bond donors (Lipinski definition) is 2. The first-order valence-electron chi connectivity index (χ1n) is 12.9. The van der Waals surface area contributed by atoms with Crippen molar-refractivity contribution in [1.29, 1.82) is 0 Å². The molecule has 1 amide bonds. The molecule has 0 bridgehead atoms. The largest absolute Gasteiger partial charge is 0.465 e. The molecule has 0 saturated heterocycles. The van der Waals surface area contributed by atoms with E-state index in [1.807, 2.05) is 0 Å². The van der Waals surface area contributed by atoms with Crippen LogP contribution in [0.4, 0.5) is 5.69 Å². The molecule has 1 aromatic heterocycles. The van der Waals surface area contributed by atoms with Crippen molar-refractivity contribution in [2.24, 2.45) is 5.14 Å². The molecule has 0 spiro atoms. The van der Waals surface area contributed by atoms with Gasteiger partial charge in [-0.3, -0.25) is 14.2 Å². The lowest BCUT2D eigenvalue weighted by Crippen LogP contribution is -2.25. The summed E-state index contributed by atoms with van der Waals surface area (Å²) in [5, 5.41) is 8.43. The van der Waals surface area contributed by atoms with E-state index in [1.54, 1.807) is 31.2 Å². The first-order chi connectivity index (χ1) is 20.5. The number of ether oxygens (including phenoxy) is 2. The maximum absolute atomic E-state index is 13.5. The molecular weight excluding hydrogens is 596 g/mol. The van der Waals surface area contributed by atoms with Gasteiger partial charge in [0, 0.05) is 12.2 Å². The molecule has 0 fully saturated rings. The van der Waals surface area contributed by atoms with Crippen LogP contribution in [0.1, 0.15) is 33.2 Å². The lowest BCUT2D eigenvalue weighted by atomic mass is 10.1. The molecule has 0 atom stereocenters. The normalized spacial score (nSPS) is 11.2. The number of nitrogens with one attached hydrogen (secondary N) is 1. The molecule has 3 aromatic carbocycles. The summed E-state index contributed by atoms with van der Waals surface area (Å²) < 4.78 is 34.3. The quantitative estimate of drug-likeness (QED) is 0.143. The van der Waals surface area contributed by atoms with Gasteiger partial charge in [-0.2, -0.15) is 0 Å². The number of thioether (sulfide) groups is 1. The van der Waals surface area contributed by atoms with Crippen molar-refractivity contribution in [1.82, 2.24) is 9.55 Å². The van der Waals surface area contributed by atoms with Crippen molar-refractivity contribution in [3.8, 4) is 0 Å². The number of carbonyl (C=O) groups is 3. The minimum absolute atomic E-state index is 0.0278. The molecule has 43 heavy (non-hydrogen) atoms. The molecule has 1 heterocycles. The molecule has 0 saturated carbocycles. The molecule has 4 aromatic rings. The first-order valence-corrected chi connectivity index (χ1v) is 15.5. The molecule has 0 aliphatic heterocycles. The fraction of sp³-hybridized carbons (Fsp3) is 0.207. The number of esters is 2. The van der Waals surface area contributed by atoms with E-state index >= 15 is 0 Å². The van der Waals surface area contributed by atoms with Gasteiger partial charge in [-0.25, -0.2) is 28.1 Å². The van der Waals surface area contributed by atoms with E-state index in [1.165, 1.54) is 54.1 Å². The number of primary sulfonamides is 1. The van der Waals surface area contributed by atoms with Gasteiger partial charge in [0.2, 0.25) is 15.9 Å². The van der Waals surface area contributed by atoms with Gasteiger partial charge >= 0.3 is 11.9 Å². The summed E-state index contributed by atoms with van der Waals surface area (Å²) in [4.78, 5) is 54.8. The molecule has 0 aliphatic carbocycles. The topological polar surface area (TPSA) is 177 Å². The Hall–Kier alpha value is -4.53. The van der Waals surface area contributed by atoms with E-state index in [-0.39, 0.29) is 56.9 Å². The highest BCUT2D eigenvalue weighted by Crippen LogP contribution is 2.21. The number of carbonyl (C=O) groups excluding carboxylic acids is 3. The fourth-order valence-corrected chi connectivity index (χ4v) is 5.41. The summed E-state index contributed by atoms with van der Waals surface area (Å²) >= 11 is 1.03. The van der Waals surface area contributed by atoms with Crippen molar-refractivity contribution in [2.45, 2.75) is 29.9 Å². The van der Waals surface area contributed by atoms with E-state index < -0.39 is 22.0 Å². The SMILES string of the molecule is CCOC(=O)c1ccc(NC(=O)CSc2nc3cc(C(=O)OC)ccc3c(=O)n2CCc2ccc(S(N)(=O)=O)cc2)cc1. The van der Waals surface area contributed by atoms with E-state index in [9.17, 15) is 27.6 Å². The maximum Gasteiger partial charge on any atom is 0.338 e. The zero-order valence-electron chi connectivity index (χ0n) is 23.2. The van der Waals surface area contributed by atoms with Crippen LogP contribution in [0, 0.1) is 0 Å². The van der Waals surface area contributed by atoms with Crippen LogP contribution >= 0.6 is 11.8 Å². The van der Waals surface area contributed by atoms with Gasteiger partial charge in [-0.15, -0.1) is 0 Å². The number of benzene rings is 3. The number of aromatic nitrogens is 2. The van der Waals surface area contributed by atoms with Crippen LogP contribution in [0.15, 0.2) is 81.6 Å². The molecule has 0 unspecified atom stereocenters. The van der Waals surface area contributed by atoms with Crippen LogP contribution in [-0.4, -0.2) is 55.3 Å². The standard InChI is InChI=1S/C29H28N4O8S2/c1-3-41-28(37)19-6-9-21(10-7-19)31-25(34)17-42-29-32-24-16-20(27(36)40-2)8-13-23(24)26(35)33(29)15-14-18-4-11-22(12-5-18)43(30,38)39/h4-13,16H,3,14-15,17H2,1-2H3,(H,31,34)(H2,30,38,39). The number of sulfonamides is 1. The average molecular weight is 625 g/mol. The number of anilines is 1. The van der Waals surface area contributed by atoms with Crippen molar-refractivity contribution in [2.75, 3.05) is 24.8 Å². The Morgan fingerprint density at radius 3 is 2.28 bits per heavy atom. The number of rotatable bonds is 11. The van der Waals surface area contributed by atoms with Crippen LogP contribution < -0.4 is 16.0 Å². The van der Waals surface area contributed by atoms with Crippen LogP contribution in [0.25, 0.3) is 10.9 Å². The van der Waals surface area contributed by atoms with Gasteiger partial charge in [0.15, 0.2) is 5.16 Å². The predicted molar refractivity (Wildman–Crippen MR) is 161 cm³/mol. The lowest BCUT2D eigenvalue weighted by molar-refractivity contribution is -0.113. The maximum atomic E-state index is 13.5. The van der Waals surface area contributed by atoms with Gasteiger partial charge in [0.05, 0.1) is 46.4 Å². The lowest BCUT2D eigenvalue weighted by Gasteiger charge is -2.14. The molecule has 0 radical (unpaired) electrons. The van der Waals surface area contributed by atoms with E-state index in [0.717, 1.165) is 17.3 Å². The van der Waals surface area contributed by atoms with E-state index in [2.05, 4.69) is 10.3 Å². The number of fused-ring (bicyclic) bond motifs is 1. The second-order valence-corrected chi connectivity index (χ2v) is 11.7. The highest BCUT2D eigenvalue weighted by atomic mass is 32.2. The van der Waals surface area contributed by atoms with Crippen molar-refractivity contribution >= 4 is 56.2 Å². The van der Waals surface area contributed by atoms with Gasteiger partial charge in [-0.05, 0) is 73.5 Å². The number of amides is 1. The van der Waals surface area contributed by atoms with Gasteiger partial charge in [-0.1, -0.05) is 23.9 Å². The molecule has 14 heteroatoms.